The standard InChI is InChI=1S/C6H12N2O/c1-3-4-5(2)6(9)8-7/h3-5H,7H2,1-2H3,(H,8,9). The first-order valence-electron chi connectivity index (χ1n) is 2.85. The number of hydrazine groups is 1. The van der Waals surface area contributed by atoms with Gasteiger partial charge in [0.2, 0.25) is 5.91 Å². The van der Waals surface area contributed by atoms with E-state index in [1.165, 1.54) is 0 Å². The van der Waals surface area contributed by atoms with Gasteiger partial charge in [-0.25, -0.2) is 5.84 Å². The highest BCUT2D eigenvalue weighted by atomic mass is 16.2. The van der Waals surface area contributed by atoms with Crippen LogP contribution in [0.15, 0.2) is 12.2 Å². The van der Waals surface area contributed by atoms with Crippen LogP contribution in [0.4, 0.5) is 0 Å². The van der Waals surface area contributed by atoms with Crippen LogP contribution in [-0.4, -0.2) is 5.91 Å². The van der Waals surface area contributed by atoms with Crippen molar-refractivity contribution in [2.24, 2.45) is 11.8 Å². The Hall–Kier alpha value is -0.830. The molecule has 3 heteroatoms. The van der Waals surface area contributed by atoms with E-state index in [-0.39, 0.29) is 11.8 Å². The van der Waals surface area contributed by atoms with Crippen LogP contribution in [0.1, 0.15) is 13.8 Å². The highest BCUT2D eigenvalue weighted by Gasteiger charge is 2.04. The number of amides is 1. The number of nitrogens with one attached hydrogen (secondary N) is 1. The molecule has 0 aliphatic carbocycles. The van der Waals surface area contributed by atoms with E-state index in [2.05, 4.69) is 5.43 Å². The highest BCUT2D eigenvalue weighted by molar-refractivity contribution is 5.79. The third kappa shape index (κ3) is 2.87. The summed E-state index contributed by atoms with van der Waals surface area (Å²) in [4.78, 5) is 10.6. The topological polar surface area (TPSA) is 55.1 Å². The van der Waals surface area contributed by atoms with Gasteiger partial charge >= 0.3 is 0 Å². The number of nitrogens with two attached hydrogens (primary N) is 1. The number of carbonyl (C=O) groups is 1. The molecular weight excluding hydrogens is 116 g/mol. The average Bonchev–Trinajstić information content (AvgIpc) is 1.87. The maximum atomic E-state index is 10.6. The Morgan fingerprint density at radius 3 is 2.67 bits per heavy atom. The van der Waals surface area contributed by atoms with Crippen LogP contribution in [-0.2, 0) is 4.79 Å². The van der Waals surface area contributed by atoms with E-state index < -0.39 is 0 Å². The minimum Gasteiger partial charge on any atom is -0.294 e. The molecule has 52 valence electrons. The molecule has 0 rings (SSSR count). The highest BCUT2D eigenvalue weighted by Crippen LogP contribution is 1.94. The Balaban J connectivity index is 3.72. The molecule has 1 unspecified atom stereocenters. The van der Waals surface area contributed by atoms with Crippen molar-refractivity contribution in [2.75, 3.05) is 0 Å². The lowest BCUT2D eigenvalue weighted by atomic mass is 10.1. The van der Waals surface area contributed by atoms with E-state index in [4.69, 9.17) is 5.84 Å². The summed E-state index contributed by atoms with van der Waals surface area (Å²) in [6.45, 7) is 3.64. The van der Waals surface area contributed by atoms with Crippen LogP contribution in [0.2, 0.25) is 0 Å². The number of hydrogen-bond donors (Lipinski definition) is 2. The predicted octanol–water partition coefficient (Wildman–Crippen LogP) is 0.189. The molecule has 0 aromatic carbocycles. The lowest BCUT2D eigenvalue weighted by Crippen LogP contribution is -2.33. The molecule has 0 saturated heterocycles. The van der Waals surface area contributed by atoms with Gasteiger partial charge < -0.3 is 0 Å². The zero-order valence-corrected chi connectivity index (χ0v) is 5.72. The van der Waals surface area contributed by atoms with Crippen molar-refractivity contribution in [3.05, 3.63) is 12.2 Å². The maximum absolute atomic E-state index is 10.6. The van der Waals surface area contributed by atoms with E-state index in [9.17, 15) is 4.79 Å². The van der Waals surface area contributed by atoms with Crippen LogP contribution in [0.5, 0.6) is 0 Å². The summed E-state index contributed by atoms with van der Waals surface area (Å²) in [5.41, 5.74) is 2.06. The van der Waals surface area contributed by atoms with Gasteiger partial charge in [-0.2, -0.15) is 0 Å². The summed E-state index contributed by atoms with van der Waals surface area (Å²) in [6.07, 6.45) is 3.60. The molecule has 0 aliphatic rings. The molecule has 0 spiro atoms. The Morgan fingerprint density at radius 1 is 1.78 bits per heavy atom. The molecule has 3 nitrogen and oxygen atoms in total. The van der Waals surface area contributed by atoms with Crippen molar-refractivity contribution in [3.63, 3.8) is 0 Å². The maximum Gasteiger partial charge on any atom is 0.240 e. The van der Waals surface area contributed by atoms with Gasteiger partial charge in [-0.15, -0.1) is 0 Å². The normalized spacial score (nSPS) is 13.7. The second-order valence-corrected chi connectivity index (χ2v) is 1.82. The van der Waals surface area contributed by atoms with Crippen LogP contribution in [0.25, 0.3) is 0 Å². The minimum atomic E-state index is -0.159. The first kappa shape index (κ1) is 8.17. The summed E-state index contributed by atoms with van der Waals surface area (Å²) in [5, 5.41) is 0. The smallest absolute Gasteiger partial charge is 0.240 e. The zero-order valence-electron chi connectivity index (χ0n) is 5.72. The Kier molecular flexibility index (Phi) is 3.71. The third-order valence-electron chi connectivity index (χ3n) is 1.04. The van der Waals surface area contributed by atoms with E-state index >= 15 is 0 Å². The summed E-state index contributed by atoms with van der Waals surface area (Å²) in [7, 11) is 0. The molecule has 1 amide bonds. The summed E-state index contributed by atoms with van der Waals surface area (Å²) < 4.78 is 0. The minimum absolute atomic E-state index is 0.125. The lowest BCUT2D eigenvalue weighted by molar-refractivity contribution is -0.123. The quantitative estimate of drug-likeness (QED) is 0.241. The van der Waals surface area contributed by atoms with E-state index in [0.29, 0.717) is 0 Å². The van der Waals surface area contributed by atoms with Crippen molar-refractivity contribution in [2.45, 2.75) is 13.8 Å². The molecule has 0 aromatic rings. The van der Waals surface area contributed by atoms with Gasteiger partial charge in [0.15, 0.2) is 0 Å². The van der Waals surface area contributed by atoms with Gasteiger partial charge in [0, 0.05) is 0 Å². The number of allylic oxidation sites excluding steroid dienone is 1. The van der Waals surface area contributed by atoms with Gasteiger partial charge in [-0.3, -0.25) is 10.2 Å². The SMILES string of the molecule is CC=CC(C)C(=O)NN. The predicted molar refractivity (Wildman–Crippen MR) is 36.3 cm³/mol. The molecule has 0 aliphatic heterocycles. The van der Waals surface area contributed by atoms with Crippen molar-refractivity contribution in [1.29, 1.82) is 0 Å². The Morgan fingerprint density at radius 2 is 2.33 bits per heavy atom. The fourth-order valence-corrected chi connectivity index (χ4v) is 0.508. The van der Waals surface area contributed by atoms with Crippen LogP contribution < -0.4 is 11.3 Å². The van der Waals surface area contributed by atoms with E-state index in [1.54, 1.807) is 13.0 Å². The van der Waals surface area contributed by atoms with Gasteiger partial charge in [0.25, 0.3) is 0 Å². The third-order valence-corrected chi connectivity index (χ3v) is 1.04. The van der Waals surface area contributed by atoms with Crippen molar-refractivity contribution < 1.29 is 4.79 Å². The summed E-state index contributed by atoms with van der Waals surface area (Å²) in [6, 6.07) is 0. The molecule has 0 aromatic heterocycles. The zero-order chi connectivity index (χ0) is 7.28. The van der Waals surface area contributed by atoms with Crippen LogP contribution in [0, 0.1) is 5.92 Å². The van der Waals surface area contributed by atoms with Gasteiger partial charge in [0.05, 0.1) is 5.92 Å². The molecule has 1 atom stereocenters. The number of hydrogen-bond acceptors (Lipinski definition) is 2. The van der Waals surface area contributed by atoms with Gasteiger partial charge in [-0.1, -0.05) is 19.1 Å². The number of carbonyl (C=O) groups excluding carboxylic acids is 1. The monoisotopic (exact) mass is 128 g/mol. The van der Waals surface area contributed by atoms with Crippen LogP contribution in [0.3, 0.4) is 0 Å². The molecule has 0 heterocycles. The lowest BCUT2D eigenvalue weighted by Gasteiger charge is -2.01. The van der Waals surface area contributed by atoms with E-state index in [0.717, 1.165) is 0 Å². The van der Waals surface area contributed by atoms with Crippen LogP contribution >= 0.6 is 0 Å². The van der Waals surface area contributed by atoms with Gasteiger partial charge in [0.1, 0.15) is 0 Å². The Labute approximate surface area is 54.9 Å². The second kappa shape index (κ2) is 4.09. The molecule has 0 bridgehead atoms. The molecule has 0 saturated carbocycles. The molecule has 0 radical (unpaired) electrons. The van der Waals surface area contributed by atoms with Gasteiger partial charge in [-0.05, 0) is 6.92 Å². The average molecular weight is 128 g/mol. The van der Waals surface area contributed by atoms with Crippen molar-refractivity contribution in [1.82, 2.24) is 5.43 Å². The fraction of sp³-hybridized carbons (Fsp3) is 0.500. The Bertz CT molecular complexity index is 120. The fourth-order valence-electron chi connectivity index (χ4n) is 0.508. The largest absolute Gasteiger partial charge is 0.294 e. The first-order valence-corrected chi connectivity index (χ1v) is 2.85. The summed E-state index contributed by atoms with van der Waals surface area (Å²) >= 11 is 0. The summed E-state index contributed by atoms with van der Waals surface area (Å²) in [5.74, 6) is 4.59. The molecule has 0 fully saturated rings. The molecule has 3 N–H and O–H groups in total. The van der Waals surface area contributed by atoms with E-state index in [1.807, 2.05) is 13.0 Å². The number of rotatable bonds is 2. The molecule has 9 heavy (non-hydrogen) atoms. The molecular formula is C6H12N2O. The first-order chi connectivity index (χ1) is 4.22. The van der Waals surface area contributed by atoms with Crippen molar-refractivity contribution in [3.8, 4) is 0 Å². The second-order valence-electron chi connectivity index (χ2n) is 1.82. The van der Waals surface area contributed by atoms with Crippen molar-refractivity contribution >= 4 is 5.91 Å².